The van der Waals surface area contributed by atoms with Gasteiger partial charge in [0, 0.05) is 46.4 Å². The van der Waals surface area contributed by atoms with Crippen molar-refractivity contribution >= 4 is 22.2 Å². The average molecular weight is 458 g/mol. The summed E-state index contributed by atoms with van der Waals surface area (Å²) in [6.45, 7) is 7.50. The minimum absolute atomic E-state index is 0.140. The largest absolute Gasteiger partial charge is 0.496 e. The van der Waals surface area contributed by atoms with Crippen molar-refractivity contribution < 1.29 is 9.26 Å². The van der Waals surface area contributed by atoms with Crippen LogP contribution in [-0.2, 0) is 6.54 Å². The fraction of sp³-hybridized carbons (Fsp3) is 0.231. The second-order valence-electron chi connectivity index (χ2n) is 8.29. The van der Waals surface area contributed by atoms with Gasteiger partial charge in [0.15, 0.2) is 0 Å². The minimum atomic E-state index is -0.140. The topological polar surface area (TPSA) is 120 Å². The van der Waals surface area contributed by atoms with E-state index in [9.17, 15) is 4.79 Å². The Labute approximate surface area is 197 Å². The lowest BCUT2D eigenvalue weighted by molar-refractivity contribution is 0.393. The van der Waals surface area contributed by atoms with Crippen molar-refractivity contribution in [1.29, 1.82) is 5.41 Å². The number of aromatic nitrogens is 3. The molecule has 8 nitrogen and oxygen atoms in total. The summed E-state index contributed by atoms with van der Waals surface area (Å²) in [5, 5.41) is 12.9. The Kier molecular flexibility index (Phi) is 6.06. The Morgan fingerprint density at radius 2 is 1.94 bits per heavy atom. The molecule has 174 valence electrons. The van der Waals surface area contributed by atoms with Gasteiger partial charge in [-0.05, 0) is 51.3 Å². The van der Waals surface area contributed by atoms with E-state index in [-0.39, 0.29) is 12.1 Å². The number of methoxy groups -OCH3 is 1. The molecule has 0 saturated heterocycles. The number of rotatable bonds is 6. The fourth-order valence-corrected chi connectivity index (χ4v) is 4.29. The van der Waals surface area contributed by atoms with Gasteiger partial charge in [-0.25, -0.2) is 0 Å². The molecule has 0 saturated carbocycles. The zero-order chi connectivity index (χ0) is 24.6. The average Bonchev–Trinajstić information content (AvgIpc) is 3.13. The second-order valence-corrected chi connectivity index (χ2v) is 8.29. The lowest BCUT2D eigenvalue weighted by Gasteiger charge is -2.15. The molecule has 4 aromatic rings. The summed E-state index contributed by atoms with van der Waals surface area (Å²) in [6, 6.07) is 10.9. The molecule has 0 aliphatic rings. The molecule has 0 aliphatic heterocycles. The first-order chi connectivity index (χ1) is 16.2. The van der Waals surface area contributed by atoms with Crippen LogP contribution >= 0.6 is 0 Å². The fourth-order valence-electron chi connectivity index (χ4n) is 4.29. The second kappa shape index (κ2) is 8.97. The Hall–Kier alpha value is -4.20. The molecular weight excluding hydrogens is 430 g/mol. The highest BCUT2D eigenvalue weighted by Crippen LogP contribution is 2.37. The summed E-state index contributed by atoms with van der Waals surface area (Å²) >= 11 is 0. The number of nitrogens with zero attached hydrogens (tertiary/aromatic N) is 3. The van der Waals surface area contributed by atoms with Crippen LogP contribution in [0.4, 0.5) is 0 Å². The summed E-state index contributed by atoms with van der Waals surface area (Å²) < 4.78 is 12.7. The van der Waals surface area contributed by atoms with Gasteiger partial charge < -0.3 is 25.0 Å². The smallest absolute Gasteiger partial charge is 0.251 e. The normalized spacial score (nSPS) is 12.0. The van der Waals surface area contributed by atoms with Gasteiger partial charge in [-0.15, -0.1) is 0 Å². The third-order valence-corrected chi connectivity index (χ3v) is 5.82. The number of nitrogens with one attached hydrogen (secondary N) is 1. The maximum atomic E-state index is 12.8. The molecule has 3 aromatic heterocycles. The lowest BCUT2D eigenvalue weighted by atomic mass is 10.0. The zero-order valence-corrected chi connectivity index (χ0v) is 19.9. The van der Waals surface area contributed by atoms with Gasteiger partial charge in [-0.1, -0.05) is 11.2 Å². The van der Waals surface area contributed by atoms with Crippen LogP contribution < -0.4 is 16.0 Å². The maximum absolute atomic E-state index is 12.8. The molecule has 34 heavy (non-hydrogen) atoms. The molecule has 0 atom stereocenters. The molecule has 3 N–H and O–H groups in total. The van der Waals surface area contributed by atoms with E-state index < -0.39 is 0 Å². The number of hydrogen-bond acceptors (Lipinski definition) is 7. The Bertz CT molecular complexity index is 1470. The van der Waals surface area contributed by atoms with Gasteiger partial charge in [0.1, 0.15) is 11.5 Å². The van der Waals surface area contributed by atoms with Crippen molar-refractivity contribution in [3.05, 3.63) is 81.4 Å². The van der Waals surface area contributed by atoms with Gasteiger partial charge in [-0.2, -0.15) is 0 Å². The molecule has 0 aliphatic carbocycles. The van der Waals surface area contributed by atoms with Crippen LogP contribution in [0.3, 0.4) is 0 Å². The number of nitrogens with two attached hydrogens (primary N) is 1. The first kappa shape index (κ1) is 23.0. The van der Waals surface area contributed by atoms with Crippen LogP contribution in [0, 0.1) is 19.3 Å². The summed E-state index contributed by atoms with van der Waals surface area (Å²) in [5.74, 6) is 1.33. The standard InChI is InChI=1S/C26H27N5O3/c1-14(27)25(15(2)28)19-6-8-20(29-12-19)13-31-22-11-23(33-5)21(10-18(22)7-9-24(31)32)26-16(3)30-34-17(26)4/h6-12,27H,13,28H2,1-5H3. The van der Waals surface area contributed by atoms with Gasteiger partial charge in [0.2, 0.25) is 0 Å². The monoisotopic (exact) mass is 457 g/mol. The molecule has 0 spiro atoms. The van der Waals surface area contributed by atoms with Gasteiger partial charge in [-0.3, -0.25) is 9.78 Å². The number of fused-ring (bicyclic) bond motifs is 1. The highest BCUT2D eigenvalue weighted by molar-refractivity contribution is 6.21. The third kappa shape index (κ3) is 4.10. The molecule has 0 amide bonds. The predicted molar refractivity (Wildman–Crippen MR) is 133 cm³/mol. The molecule has 8 heteroatoms. The third-order valence-electron chi connectivity index (χ3n) is 5.82. The highest BCUT2D eigenvalue weighted by atomic mass is 16.5. The van der Waals surface area contributed by atoms with Crippen LogP contribution in [0.25, 0.3) is 27.6 Å². The van der Waals surface area contributed by atoms with E-state index in [4.69, 9.17) is 20.4 Å². The van der Waals surface area contributed by atoms with Crippen LogP contribution in [0.15, 0.2) is 57.6 Å². The van der Waals surface area contributed by atoms with Crippen molar-refractivity contribution in [2.24, 2.45) is 5.73 Å². The number of allylic oxidation sites excluding steroid dienone is 2. The van der Waals surface area contributed by atoms with Gasteiger partial charge in [0.05, 0.1) is 36.1 Å². The van der Waals surface area contributed by atoms with E-state index in [1.54, 1.807) is 43.9 Å². The molecule has 0 bridgehead atoms. The van der Waals surface area contributed by atoms with Crippen molar-refractivity contribution in [2.45, 2.75) is 34.2 Å². The van der Waals surface area contributed by atoms with Crippen molar-refractivity contribution in [1.82, 2.24) is 14.7 Å². The van der Waals surface area contributed by atoms with Crippen LogP contribution in [0.5, 0.6) is 5.75 Å². The predicted octanol–water partition coefficient (Wildman–Crippen LogP) is 4.45. The highest BCUT2D eigenvalue weighted by Gasteiger charge is 2.18. The molecule has 0 unspecified atom stereocenters. The number of aryl methyl sites for hydroxylation is 2. The quantitative estimate of drug-likeness (QED) is 0.413. The van der Waals surface area contributed by atoms with Crippen LogP contribution in [0.1, 0.15) is 36.6 Å². The zero-order valence-electron chi connectivity index (χ0n) is 19.9. The van der Waals surface area contributed by atoms with E-state index >= 15 is 0 Å². The molecule has 4 rings (SSSR count). The first-order valence-corrected chi connectivity index (χ1v) is 10.8. The Balaban J connectivity index is 1.79. The number of hydrogen-bond donors (Lipinski definition) is 2. The summed E-state index contributed by atoms with van der Waals surface area (Å²) in [7, 11) is 1.60. The number of benzene rings is 1. The van der Waals surface area contributed by atoms with Crippen molar-refractivity contribution in [3.63, 3.8) is 0 Å². The van der Waals surface area contributed by atoms with Gasteiger partial charge in [0.25, 0.3) is 5.56 Å². The lowest BCUT2D eigenvalue weighted by Crippen LogP contribution is -2.20. The molecule has 3 heterocycles. The maximum Gasteiger partial charge on any atom is 0.251 e. The summed E-state index contributed by atoms with van der Waals surface area (Å²) in [4.78, 5) is 17.4. The van der Waals surface area contributed by atoms with E-state index in [0.29, 0.717) is 34.2 Å². The summed E-state index contributed by atoms with van der Waals surface area (Å²) in [6.07, 6.45) is 1.69. The van der Waals surface area contributed by atoms with E-state index in [0.717, 1.165) is 33.3 Å². The Morgan fingerprint density at radius 1 is 1.18 bits per heavy atom. The Morgan fingerprint density at radius 3 is 2.50 bits per heavy atom. The molecule has 0 fully saturated rings. The molecule has 0 radical (unpaired) electrons. The minimum Gasteiger partial charge on any atom is -0.496 e. The van der Waals surface area contributed by atoms with E-state index in [1.165, 1.54) is 0 Å². The molecular formula is C26H27N5O3. The summed E-state index contributed by atoms with van der Waals surface area (Å²) in [5.41, 5.74) is 12.1. The first-order valence-electron chi connectivity index (χ1n) is 10.8. The number of ether oxygens (including phenoxy) is 1. The van der Waals surface area contributed by atoms with Crippen molar-refractivity contribution in [2.75, 3.05) is 7.11 Å². The SMILES string of the molecule is COc1cc2c(ccc(=O)n2Cc2ccc(C(C(C)=N)=C(C)N)cn2)cc1-c1c(C)noc1C. The van der Waals surface area contributed by atoms with E-state index in [2.05, 4.69) is 10.1 Å². The van der Waals surface area contributed by atoms with Crippen molar-refractivity contribution in [3.8, 4) is 16.9 Å². The van der Waals surface area contributed by atoms with Crippen LogP contribution in [-0.4, -0.2) is 27.5 Å². The molecule has 1 aromatic carbocycles. The number of pyridine rings is 2. The van der Waals surface area contributed by atoms with Gasteiger partial charge >= 0.3 is 0 Å². The van der Waals surface area contributed by atoms with E-state index in [1.807, 2.05) is 38.1 Å². The van der Waals surface area contributed by atoms with Crippen LogP contribution in [0.2, 0.25) is 0 Å².